The van der Waals surface area contributed by atoms with Gasteiger partial charge < -0.3 is 18.3 Å². The van der Waals surface area contributed by atoms with Crippen molar-refractivity contribution in [2.45, 2.75) is 115 Å². The second kappa shape index (κ2) is 11.0. The van der Waals surface area contributed by atoms with Crippen LogP contribution in [0.25, 0.3) is 10.1 Å². The average Bonchev–Trinajstić information content (AvgIpc) is 3.59. The van der Waals surface area contributed by atoms with Gasteiger partial charge in [0.25, 0.3) is 0 Å². The van der Waals surface area contributed by atoms with Gasteiger partial charge in [-0.05, 0) is 65.2 Å². The Hall–Kier alpha value is -1.76. The molecule has 2 aromatic heterocycles. The van der Waals surface area contributed by atoms with Crippen LogP contribution in [0.4, 0.5) is 0 Å². The van der Waals surface area contributed by atoms with Crippen molar-refractivity contribution >= 4 is 55.4 Å². The van der Waals surface area contributed by atoms with Crippen molar-refractivity contribution in [1.82, 2.24) is 0 Å². The first kappa shape index (κ1) is 31.7. The molecule has 1 fully saturated rings. The fourth-order valence-electron chi connectivity index (χ4n) is 5.20. The summed E-state index contributed by atoms with van der Waals surface area (Å²) in [7, 11) is -4.67. The molecule has 3 atom stereocenters. The lowest BCUT2D eigenvalue weighted by molar-refractivity contribution is -0.152. The van der Waals surface area contributed by atoms with E-state index in [-0.39, 0.29) is 16.0 Å². The third-order valence-electron chi connectivity index (χ3n) is 9.70. The highest BCUT2D eigenvalue weighted by molar-refractivity contribution is 7.19. The normalized spacial score (nSPS) is 23.5. The summed E-state index contributed by atoms with van der Waals surface area (Å²) in [5.41, 5.74) is -0.307. The van der Waals surface area contributed by atoms with Crippen LogP contribution in [-0.2, 0) is 36.1 Å². The SMILES string of the molecule is CC(C)(C)[Si](C)(C)O[C@@H]1C(OCc2cc3ccccc3s2)=C(Cc2cccs2)[C@]2(O[Si](C)(C)C(C)(C)C)C[C@H]1OC2=O. The van der Waals surface area contributed by atoms with E-state index in [0.717, 1.165) is 21.1 Å². The quantitative estimate of drug-likeness (QED) is 0.172. The number of benzene rings is 1. The molecule has 2 bridgehead atoms. The molecule has 0 radical (unpaired) electrons. The maximum atomic E-state index is 14.1. The summed E-state index contributed by atoms with van der Waals surface area (Å²) >= 11 is 3.43. The van der Waals surface area contributed by atoms with Crippen LogP contribution in [0.2, 0.25) is 36.3 Å². The third kappa shape index (κ3) is 5.85. The Labute approximate surface area is 261 Å². The Bertz CT molecular complexity index is 1440. The maximum Gasteiger partial charge on any atom is 0.342 e. The molecule has 0 unspecified atom stereocenters. The van der Waals surface area contributed by atoms with Crippen LogP contribution >= 0.6 is 22.7 Å². The van der Waals surface area contributed by atoms with Crippen LogP contribution in [0.3, 0.4) is 0 Å². The summed E-state index contributed by atoms with van der Waals surface area (Å²) in [6, 6.07) is 14.8. The average molecular weight is 643 g/mol. The highest BCUT2D eigenvalue weighted by Gasteiger charge is 2.64. The molecule has 1 aromatic carbocycles. The van der Waals surface area contributed by atoms with E-state index in [1.165, 1.54) is 10.1 Å². The fourth-order valence-corrected chi connectivity index (χ4v) is 9.61. The van der Waals surface area contributed by atoms with E-state index in [1.54, 1.807) is 22.7 Å². The van der Waals surface area contributed by atoms with Crippen LogP contribution in [0.1, 0.15) is 57.7 Å². The second-order valence-corrected chi connectivity index (χ2v) is 26.5. The van der Waals surface area contributed by atoms with E-state index >= 15 is 0 Å². The van der Waals surface area contributed by atoms with E-state index < -0.39 is 34.4 Å². The third-order valence-corrected chi connectivity index (χ3v) is 20.6. The number of ether oxygens (including phenoxy) is 2. The Morgan fingerprint density at radius 2 is 1.64 bits per heavy atom. The zero-order chi connectivity index (χ0) is 30.7. The molecule has 0 N–H and O–H groups in total. The van der Waals surface area contributed by atoms with Gasteiger partial charge in [0.2, 0.25) is 0 Å². The molecule has 0 saturated carbocycles. The molecule has 3 aromatic rings. The van der Waals surface area contributed by atoms with Crippen molar-refractivity contribution in [2.75, 3.05) is 0 Å². The minimum atomic E-state index is -2.40. The predicted molar refractivity (Wildman–Crippen MR) is 179 cm³/mol. The van der Waals surface area contributed by atoms with E-state index in [1.807, 2.05) is 0 Å². The number of hydrogen-bond acceptors (Lipinski definition) is 7. The van der Waals surface area contributed by atoms with Crippen molar-refractivity contribution in [1.29, 1.82) is 0 Å². The van der Waals surface area contributed by atoms with Crippen molar-refractivity contribution < 1.29 is 23.1 Å². The minimum absolute atomic E-state index is 0.0215. The Morgan fingerprint density at radius 1 is 0.952 bits per heavy atom. The zero-order valence-electron chi connectivity index (χ0n) is 26.8. The largest absolute Gasteiger partial charge is 0.489 e. The number of rotatable bonds is 9. The van der Waals surface area contributed by atoms with Gasteiger partial charge in [0, 0.05) is 32.9 Å². The molecule has 228 valence electrons. The van der Waals surface area contributed by atoms with E-state index in [2.05, 4.69) is 116 Å². The predicted octanol–water partition coefficient (Wildman–Crippen LogP) is 9.46. The topological polar surface area (TPSA) is 54.0 Å². The molecular weight excluding hydrogens is 597 g/mol. The molecule has 5 nitrogen and oxygen atoms in total. The first-order valence-corrected chi connectivity index (χ1v) is 22.4. The summed E-state index contributed by atoms with van der Waals surface area (Å²) < 4.78 is 28.6. The molecule has 0 amide bonds. The van der Waals surface area contributed by atoms with E-state index in [9.17, 15) is 4.79 Å². The smallest absolute Gasteiger partial charge is 0.342 e. The fraction of sp³-hybridized carbons (Fsp3) is 0.545. The monoisotopic (exact) mass is 642 g/mol. The molecule has 1 aliphatic carbocycles. The van der Waals surface area contributed by atoms with Gasteiger partial charge in [0.15, 0.2) is 22.2 Å². The molecule has 1 aliphatic heterocycles. The molecule has 9 heteroatoms. The zero-order valence-corrected chi connectivity index (χ0v) is 30.4. The van der Waals surface area contributed by atoms with Gasteiger partial charge in [-0.1, -0.05) is 65.8 Å². The first-order chi connectivity index (χ1) is 19.4. The lowest BCUT2D eigenvalue weighted by atomic mass is 9.80. The Kier molecular flexibility index (Phi) is 8.29. The molecule has 42 heavy (non-hydrogen) atoms. The molecule has 3 heterocycles. The highest BCUT2D eigenvalue weighted by Crippen LogP contribution is 2.53. The number of hydrogen-bond donors (Lipinski definition) is 0. The van der Waals surface area contributed by atoms with Gasteiger partial charge in [0.05, 0.1) is 0 Å². The number of fused-ring (bicyclic) bond motifs is 3. The van der Waals surface area contributed by atoms with Gasteiger partial charge >= 0.3 is 5.97 Å². The highest BCUT2D eigenvalue weighted by atomic mass is 32.1. The van der Waals surface area contributed by atoms with Gasteiger partial charge in [-0.3, -0.25) is 0 Å². The standard InChI is InChI=1S/C33H46O5S2Si2/c1-31(2,3)41(7,8)37-29-26-20-33(30(34)36-26,38-42(9,10)32(4,5)6)25(19-23-15-13-17-39-23)28(29)35-21-24-18-22-14-11-12-16-27(22)40-24/h11-18,26,29H,19-21H2,1-10H3/t26-,29+,33-/m1/s1. The number of thiophene rings is 2. The van der Waals surface area contributed by atoms with Gasteiger partial charge in [-0.15, -0.1) is 22.7 Å². The molecular formula is C33H46O5S2Si2. The van der Waals surface area contributed by atoms with Crippen molar-refractivity contribution in [3.05, 3.63) is 68.9 Å². The van der Waals surface area contributed by atoms with Gasteiger partial charge in [-0.2, -0.15) is 0 Å². The summed E-state index contributed by atoms with van der Waals surface area (Å²) in [5.74, 6) is 0.430. The lowest BCUT2D eigenvalue weighted by Crippen LogP contribution is -2.56. The van der Waals surface area contributed by atoms with Crippen LogP contribution in [0.5, 0.6) is 0 Å². The Morgan fingerprint density at radius 3 is 2.26 bits per heavy atom. The van der Waals surface area contributed by atoms with Gasteiger partial charge in [-0.25, -0.2) is 4.79 Å². The maximum absolute atomic E-state index is 14.1. The summed E-state index contributed by atoms with van der Waals surface area (Å²) in [4.78, 5) is 16.4. The van der Waals surface area contributed by atoms with E-state index in [0.29, 0.717) is 19.4 Å². The van der Waals surface area contributed by atoms with Crippen LogP contribution in [-0.4, -0.2) is 40.4 Å². The molecule has 0 spiro atoms. The summed E-state index contributed by atoms with van der Waals surface area (Å²) in [5, 5.41) is 3.19. The first-order valence-electron chi connectivity index (χ1n) is 14.9. The van der Waals surface area contributed by atoms with Crippen LogP contribution in [0.15, 0.2) is 59.2 Å². The lowest BCUT2D eigenvalue weighted by Gasteiger charge is -2.46. The Balaban J connectivity index is 1.66. The number of carbonyl (C=O) groups excluding carboxylic acids is 1. The second-order valence-electron chi connectivity index (χ2n) is 14.8. The number of carbonyl (C=O) groups is 1. The summed E-state index contributed by atoms with van der Waals surface area (Å²) in [6.45, 7) is 22.7. The van der Waals surface area contributed by atoms with Crippen molar-refractivity contribution in [3.63, 3.8) is 0 Å². The van der Waals surface area contributed by atoms with E-state index in [4.69, 9.17) is 18.3 Å². The minimum Gasteiger partial charge on any atom is -0.489 e. The molecule has 1 saturated heterocycles. The van der Waals surface area contributed by atoms with Crippen molar-refractivity contribution in [2.24, 2.45) is 0 Å². The van der Waals surface area contributed by atoms with Gasteiger partial charge in [0.1, 0.15) is 24.6 Å². The van der Waals surface area contributed by atoms with Crippen LogP contribution in [0, 0.1) is 0 Å². The molecule has 5 rings (SSSR count). The van der Waals surface area contributed by atoms with Crippen LogP contribution < -0.4 is 0 Å². The number of esters is 1. The molecule has 2 aliphatic rings. The summed E-state index contributed by atoms with van der Waals surface area (Å²) in [6.07, 6.45) is 0.0834. The van der Waals surface area contributed by atoms with Crippen molar-refractivity contribution in [3.8, 4) is 0 Å².